The fourth-order valence-corrected chi connectivity index (χ4v) is 3.13. The van der Waals surface area contributed by atoms with Gasteiger partial charge in [-0.3, -0.25) is 14.7 Å². The number of carbonyl (C=O) groups excluding carboxylic acids is 1. The van der Waals surface area contributed by atoms with E-state index < -0.39 is 0 Å². The zero-order chi connectivity index (χ0) is 17.0. The van der Waals surface area contributed by atoms with Crippen molar-refractivity contribution in [1.29, 1.82) is 0 Å². The average molecular weight is 382 g/mol. The number of H-pyrrole nitrogens is 1. The summed E-state index contributed by atoms with van der Waals surface area (Å²) in [5.74, 6) is 0.611. The molecule has 1 N–H and O–H groups in total. The summed E-state index contributed by atoms with van der Waals surface area (Å²) < 4.78 is 6.38. The molecule has 124 valence electrons. The average Bonchev–Trinajstić information content (AvgIpc) is 3.03. The van der Waals surface area contributed by atoms with Crippen LogP contribution in [-0.2, 0) is 17.7 Å². The molecule has 0 spiro atoms. The van der Waals surface area contributed by atoms with E-state index in [0.717, 1.165) is 33.5 Å². The third kappa shape index (κ3) is 3.56. The summed E-state index contributed by atoms with van der Waals surface area (Å²) in [5.41, 5.74) is 3.40. The first-order valence-corrected chi connectivity index (χ1v) is 8.01. The standard InChI is InChI=1S/C16H20BrN3O3/c1-5-11-14(22-3)7-6-10(15(11)17)8-13-12(9-18-19-13)16(21)20(2)23-4/h6-7,9H,5,8H2,1-4H3,(H,18,19). The molecule has 0 bridgehead atoms. The quantitative estimate of drug-likeness (QED) is 0.781. The minimum Gasteiger partial charge on any atom is -0.496 e. The second-order valence-corrected chi connectivity index (χ2v) is 5.79. The molecule has 1 amide bonds. The lowest BCUT2D eigenvalue weighted by Crippen LogP contribution is -2.26. The number of carbonyl (C=O) groups is 1. The first-order chi connectivity index (χ1) is 11.0. The number of methoxy groups -OCH3 is 1. The van der Waals surface area contributed by atoms with Crippen molar-refractivity contribution >= 4 is 21.8 Å². The van der Waals surface area contributed by atoms with Gasteiger partial charge in [0.05, 0.1) is 31.7 Å². The lowest BCUT2D eigenvalue weighted by molar-refractivity contribution is -0.0757. The van der Waals surface area contributed by atoms with Crippen LogP contribution < -0.4 is 4.74 Å². The van der Waals surface area contributed by atoms with Gasteiger partial charge in [0.1, 0.15) is 5.75 Å². The van der Waals surface area contributed by atoms with Crippen LogP contribution in [0.15, 0.2) is 22.8 Å². The third-order valence-corrected chi connectivity index (χ3v) is 4.72. The third-order valence-electron chi connectivity index (χ3n) is 3.73. The molecular formula is C16H20BrN3O3. The summed E-state index contributed by atoms with van der Waals surface area (Å²) in [6.45, 7) is 2.07. The number of benzene rings is 1. The maximum Gasteiger partial charge on any atom is 0.280 e. The summed E-state index contributed by atoms with van der Waals surface area (Å²) in [6, 6.07) is 3.93. The molecule has 0 aliphatic rings. The van der Waals surface area contributed by atoms with Gasteiger partial charge in [-0.15, -0.1) is 0 Å². The fraction of sp³-hybridized carbons (Fsp3) is 0.375. The Balaban J connectivity index is 2.34. The highest BCUT2D eigenvalue weighted by molar-refractivity contribution is 9.10. The van der Waals surface area contributed by atoms with Crippen molar-refractivity contribution in [3.63, 3.8) is 0 Å². The normalized spacial score (nSPS) is 10.7. The molecule has 0 saturated carbocycles. The fourth-order valence-electron chi connectivity index (χ4n) is 2.38. The largest absolute Gasteiger partial charge is 0.496 e. The summed E-state index contributed by atoms with van der Waals surface area (Å²) >= 11 is 3.65. The van der Waals surface area contributed by atoms with Gasteiger partial charge >= 0.3 is 0 Å². The Kier molecular flexibility index (Phi) is 5.79. The minimum atomic E-state index is -0.239. The van der Waals surface area contributed by atoms with Crippen LogP contribution >= 0.6 is 15.9 Å². The summed E-state index contributed by atoms with van der Waals surface area (Å²) in [6.07, 6.45) is 2.92. The smallest absolute Gasteiger partial charge is 0.280 e. The van der Waals surface area contributed by atoms with Gasteiger partial charge in [-0.05, 0) is 18.1 Å². The van der Waals surface area contributed by atoms with Crippen molar-refractivity contribution in [2.75, 3.05) is 21.3 Å². The molecule has 0 radical (unpaired) electrons. The van der Waals surface area contributed by atoms with Gasteiger partial charge in [0.2, 0.25) is 0 Å². The van der Waals surface area contributed by atoms with Crippen molar-refractivity contribution in [3.8, 4) is 5.75 Å². The Labute approximate surface area is 143 Å². The number of halogens is 1. The van der Waals surface area contributed by atoms with Crippen molar-refractivity contribution < 1.29 is 14.4 Å². The Morgan fingerprint density at radius 3 is 2.74 bits per heavy atom. The van der Waals surface area contributed by atoms with E-state index in [1.54, 1.807) is 14.2 Å². The van der Waals surface area contributed by atoms with Crippen LogP contribution in [0.5, 0.6) is 5.75 Å². The lowest BCUT2D eigenvalue weighted by atomic mass is 10.0. The number of rotatable bonds is 6. The molecule has 6 nitrogen and oxygen atoms in total. The predicted molar refractivity (Wildman–Crippen MR) is 90.6 cm³/mol. The highest BCUT2D eigenvalue weighted by Crippen LogP contribution is 2.32. The SMILES string of the molecule is CCc1c(OC)ccc(Cc2[nH]ncc2C(=O)N(C)OC)c1Br. The van der Waals surface area contributed by atoms with E-state index in [-0.39, 0.29) is 5.91 Å². The van der Waals surface area contributed by atoms with Gasteiger partial charge in [0, 0.05) is 23.5 Å². The highest BCUT2D eigenvalue weighted by Gasteiger charge is 2.19. The van der Waals surface area contributed by atoms with Gasteiger partial charge in [0.15, 0.2) is 0 Å². The van der Waals surface area contributed by atoms with E-state index in [0.29, 0.717) is 12.0 Å². The van der Waals surface area contributed by atoms with Crippen LogP contribution in [0.25, 0.3) is 0 Å². The van der Waals surface area contributed by atoms with Gasteiger partial charge in [-0.25, -0.2) is 5.06 Å². The summed E-state index contributed by atoms with van der Waals surface area (Å²) in [7, 11) is 4.68. The minimum absolute atomic E-state index is 0.239. The zero-order valence-electron chi connectivity index (χ0n) is 13.6. The number of hydroxylamine groups is 2. The number of nitrogens with zero attached hydrogens (tertiary/aromatic N) is 2. The first kappa shape index (κ1) is 17.5. The Morgan fingerprint density at radius 2 is 2.13 bits per heavy atom. The van der Waals surface area contributed by atoms with Crippen molar-refractivity contribution in [1.82, 2.24) is 15.3 Å². The number of nitrogens with one attached hydrogen (secondary N) is 1. The zero-order valence-corrected chi connectivity index (χ0v) is 15.2. The van der Waals surface area contributed by atoms with Crippen LogP contribution in [0.4, 0.5) is 0 Å². The lowest BCUT2D eigenvalue weighted by Gasteiger charge is -2.15. The van der Waals surface area contributed by atoms with E-state index in [9.17, 15) is 4.79 Å². The molecule has 0 aliphatic carbocycles. The summed E-state index contributed by atoms with van der Waals surface area (Å²) in [4.78, 5) is 17.2. The Morgan fingerprint density at radius 1 is 1.39 bits per heavy atom. The van der Waals surface area contributed by atoms with Gasteiger partial charge in [-0.2, -0.15) is 5.10 Å². The molecule has 0 atom stereocenters. The predicted octanol–water partition coefficient (Wildman–Crippen LogP) is 2.97. The second kappa shape index (κ2) is 7.61. The molecule has 1 aromatic heterocycles. The molecule has 0 aliphatic heterocycles. The molecule has 7 heteroatoms. The van der Waals surface area contributed by atoms with E-state index in [4.69, 9.17) is 9.57 Å². The molecule has 1 aromatic carbocycles. The number of hydrogen-bond acceptors (Lipinski definition) is 4. The highest BCUT2D eigenvalue weighted by atomic mass is 79.9. The number of hydrogen-bond donors (Lipinski definition) is 1. The van der Waals surface area contributed by atoms with Crippen LogP contribution in [0, 0.1) is 0 Å². The van der Waals surface area contributed by atoms with Crippen LogP contribution in [-0.4, -0.2) is 42.4 Å². The van der Waals surface area contributed by atoms with Gasteiger partial charge in [0.25, 0.3) is 5.91 Å². The van der Waals surface area contributed by atoms with Crippen molar-refractivity contribution in [2.24, 2.45) is 0 Å². The molecule has 2 rings (SSSR count). The van der Waals surface area contributed by atoms with E-state index in [1.165, 1.54) is 18.4 Å². The molecule has 23 heavy (non-hydrogen) atoms. The molecule has 0 fully saturated rings. The maximum atomic E-state index is 12.3. The molecule has 0 saturated heterocycles. The maximum absolute atomic E-state index is 12.3. The number of aromatic amines is 1. The van der Waals surface area contributed by atoms with E-state index in [2.05, 4.69) is 33.1 Å². The van der Waals surface area contributed by atoms with Crippen LogP contribution in [0.3, 0.4) is 0 Å². The first-order valence-electron chi connectivity index (χ1n) is 7.22. The van der Waals surface area contributed by atoms with Gasteiger partial charge in [-0.1, -0.05) is 28.9 Å². The number of ether oxygens (including phenoxy) is 1. The van der Waals surface area contributed by atoms with E-state index >= 15 is 0 Å². The van der Waals surface area contributed by atoms with Crippen LogP contribution in [0.1, 0.15) is 34.1 Å². The Hall–Kier alpha value is -1.86. The molecular weight excluding hydrogens is 362 g/mol. The van der Waals surface area contributed by atoms with Crippen molar-refractivity contribution in [3.05, 3.63) is 45.2 Å². The topological polar surface area (TPSA) is 67.5 Å². The van der Waals surface area contributed by atoms with Crippen molar-refractivity contribution in [2.45, 2.75) is 19.8 Å². The monoisotopic (exact) mass is 381 g/mol. The van der Waals surface area contributed by atoms with Gasteiger partial charge < -0.3 is 4.74 Å². The van der Waals surface area contributed by atoms with Crippen LogP contribution in [0.2, 0.25) is 0 Å². The van der Waals surface area contributed by atoms with E-state index in [1.807, 2.05) is 12.1 Å². The molecule has 2 aromatic rings. The molecule has 0 unspecified atom stereocenters. The Bertz CT molecular complexity index is 700. The molecule has 1 heterocycles. The number of aromatic nitrogens is 2. The number of amides is 1. The summed E-state index contributed by atoms with van der Waals surface area (Å²) in [5, 5.41) is 8.07. The second-order valence-electron chi connectivity index (χ2n) is 5.00.